The fourth-order valence-corrected chi connectivity index (χ4v) is 1.91. The van der Waals surface area contributed by atoms with Gasteiger partial charge in [0.2, 0.25) is 11.9 Å². The number of aromatic nitrogens is 3. The Morgan fingerprint density at radius 2 is 2.33 bits per heavy atom. The molecule has 0 aromatic carbocycles. The first kappa shape index (κ1) is 12.3. The maximum Gasteiger partial charge on any atom is 0.245 e. The van der Waals surface area contributed by atoms with Crippen molar-refractivity contribution < 1.29 is 4.79 Å². The van der Waals surface area contributed by atoms with Crippen molar-refractivity contribution in [3.63, 3.8) is 0 Å². The molecule has 1 amide bonds. The van der Waals surface area contributed by atoms with Gasteiger partial charge in [-0.05, 0) is 26.0 Å². The number of hydrogen-bond donors (Lipinski definition) is 1. The molecule has 6 heteroatoms. The lowest BCUT2D eigenvalue weighted by atomic mass is 10.3. The second-order valence-electron chi connectivity index (χ2n) is 4.21. The number of carbonyl (C=O) groups excluding carboxylic acids is 1. The fraction of sp³-hybridized carbons (Fsp3) is 0.417. The Balaban J connectivity index is 2.47. The summed E-state index contributed by atoms with van der Waals surface area (Å²) in [5, 5.41) is 0. The highest BCUT2D eigenvalue weighted by atomic mass is 16.2. The average molecular weight is 247 g/mol. The number of carbonyl (C=O) groups is 1. The molecule has 0 saturated heterocycles. The zero-order valence-electron chi connectivity index (χ0n) is 10.8. The third kappa shape index (κ3) is 1.90. The summed E-state index contributed by atoms with van der Waals surface area (Å²) in [7, 11) is 1.77. The molecule has 2 heterocycles. The monoisotopic (exact) mass is 247 g/mol. The summed E-state index contributed by atoms with van der Waals surface area (Å²) in [6.07, 6.45) is 1.67. The number of pyridine rings is 1. The zero-order chi connectivity index (χ0) is 13.3. The molecule has 2 rings (SSSR count). The predicted molar refractivity (Wildman–Crippen MR) is 70.0 cm³/mol. The van der Waals surface area contributed by atoms with E-state index in [-0.39, 0.29) is 5.91 Å². The van der Waals surface area contributed by atoms with Crippen LogP contribution >= 0.6 is 0 Å². The highest BCUT2D eigenvalue weighted by Gasteiger charge is 2.22. The van der Waals surface area contributed by atoms with Crippen LogP contribution in [0, 0.1) is 0 Å². The van der Waals surface area contributed by atoms with Gasteiger partial charge in [-0.1, -0.05) is 0 Å². The molecule has 1 atom stereocenters. The number of rotatable bonds is 3. The molecule has 1 unspecified atom stereocenters. The number of nitrogens with zero attached hydrogens (tertiary/aromatic N) is 4. The second kappa shape index (κ2) is 4.64. The summed E-state index contributed by atoms with van der Waals surface area (Å²) in [6.45, 7) is 4.39. The number of imidazole rings is 1. The minimum absolute atomic E-state index is 0.00541. The normalized spacial score (nSPS) is 12.6. The molecule has 0 fully saturated rings. The Labute approximate surface area is 105 Å². The van der Waals surface area contributed by atoms with Crippen molar-refractivity contribution in [3.8, 4) is 0 Å². The topological polar surface area (TPSA) is 77.0 Å². The quantitative estimate of drug-likeness (QED) is 0.879. The molecule has 0 aliphatic carbocycles. The van der Waals surface area contributed by atoms with E-state index in [0.717, 1.165) is 0 Å². The van der Waals surface area contributed by atoms with E-state index in [0.29, 0.717) is 23.7 Å². The summed E-state index contributed by atoms with van der Waals surface area (Å²) in [4.78, 5) is 22.3. The number of fused-ring (bicyclic) bond motifs is 1. The molecule has 2 aromatic rings. The van der Waals surface area contributed by atoms with E-state index in [9.17, 15) is 4.79 Å². The van der Waals surface area contributed by atoms with Crippen LogP contribution in [0.5, 0.6) is 0 Å². The van der Waals surface area contributed by atoms with Gasteiger partial charge in [0.25, 0.3) is 0 Å². The minimum Gasteiger partial charge on any atom is -0.369 e. The van der Waals surface area contributed by atoms with Crippen molar-refractivity contribution in [3.05, 3.63) is 18.3 Å². The summed E-state index contributed by atoms with van der Waals surface area (Å²) < 4.78 is 1.67. The number of amides is 1. The van der Waals surface area contributed by atoms with E-state index < -0.39 is 6.04 Å². The van der Waals surface area contributed by atoms with Gasteiger partial charge in [0, 0.05) is 19.8 Å². The first-order valence-electron chi connectivity index (χ1n) is 5.89. The van der Waals surface area contributed by atoms with Crippen molar-refractivity contribution in [1.29, 1.82) is 0 Å². The van der Waals surface area contributed by atoms with Gasteiger partial charge in [0.05, 0.1) is 0 Å². The average Bonchev–Trinajstić information content (AvgIpc) is 2.71. The van der Waals surface area contributed by atoms with Crippen LogP contribution in [0.4, 0.5) is 5.95 Å². The molecule has 0 aliphatic heterocycles. The molecule has 18 heavy (non-hydrogen) atoms. The highest BCUT2D eigenvalue weighted by molar-refractivity contribution is 5.83. The van der Waals surface area contributed by atoms with Crippen LogP contribution in [0.2, 0.25) is 0 Å². The SMILES string of the molecule is CCN(C)C(=O)C(C)n1c(N)nc2cccnc21. The molecule has 0 radical (unpaired) electrons. The summed E-state index contributed by atoms with van der Waals surface area (Å²) in [5.74, 6) is 0.309. The Morgan fingerprint density at radius 1 is 1.61 bits per heavy atom. The van der Waals surface area contributed by atoms with Gasteiger partial charge in [-0.3, -0.25) is 9.36 Å². The predicted octanol–water partition coefficient (Wildman–Crippen LogP) is 1.05. The lowest BCUT2D eigenvalue weighted by Gasteiger charge is -2.21. The molecule has 0 spiro atoms. The molecule has 0 aliphatic rings. The second-order valence-corrected chi connectivity index (χ2v) is 4.21. The highest BCUT2D eigenvalue weighted by Crippen LogP contribution is 2.21. The third-order valence-corrected chi connectivity index (χ3v) is 3.07. The van der Waals surface area contributed by atoms with Crippen molar-refractivity contribution in [2.75, 3.05) is 19.3 Å². The van der Waals surface area contributed by atoms with E-state index in [1.165, 1.54) is 0 Å². The molecular weight excluding hydrogens is 230 g/mol. The lowest BCUT2D eigenvalue weighted by molar-refractivity contribution is -0.132. The van der Waals surface area contributed by atoms with Crippen LogP contribution in [0.1, 0.15) is 19.9 Å². The molecule has 0 saturated carbocycles. The molecular formula is C12H17N5O. The number of hydrogen-bond acceptors (Lipinski definition) is 4. The van der Waals surface area contributed by atoms with Crippen LogP contribution in [0.3, 0.4) is 0 Å². The van der Waals surface area contributed by atoms with Gasteiger partial charge in [-0.2, -0.15) is 0 Å². The van der Waals surface area contributed by atoms with Crippen molar-refractivity contribution in [2.45, 2.75) is 19.9 Å². The first-order valence-corrected chi connectivity index (χ1v) is 5.89. The fourth-order valence-electron chi connectivity index (χ4n) is 1.91. The summed E-state index contributed by atoms with van der Waals surface area (Å²) in [6, 6.07) is 3.22. The van der Waals surface area contributed by atoms with Crippen molar-refractivity contribution in [2.24, 2.45) is 0 Å². The van der Waals surface area contributed by atoms with E-state index in [1.807, 2.05) is 13.0 Å². The molecule has 2 aromatic heterocycles. The molecule has 96 valence electrons. The van der Waals surface area contributed by atoms with Crippen LogP contribution in [-0.4, -0.2) is 38.9 Å². The Bertz CT molecular complexity index is 577. The van der Waals surface area contributed by atoms with Gasteiger partial charge in [-0.15, -0.1) is 0 Å². The lowest BCUT2D eigenvalue weighted by Crippen LogP contribution is -2.33. The third-order valence-electron chi connectivity index (χ3n) is 3.07. The zero-order valence-corrected chi connectivity index (χ0v) is 10.8. The first-order chi connectivity index (χ1) is 8.56. The maximum absolute atomic E-state index is 12.2. The van der Waals surface area contributed by atoms with Crippen molar-refractivity contribution >= 4 is 23.0 Å². The van der Waals surface area contributed by atoms with Gasteiger partial charge in [0.15, 0.2) is 5.65 Å². The van der Waals surface area contributed by atoms with E-state index in [2.05, 4.69) is 9.97 Å². The summed E-state index contributed by atoms with van der Waals surface area (Å²) >= 11 is 0. The summed E-state index contributed by atoms with van der Waals surface area (Å²) in [5.41, 5.74) is 7.22. The van der Waals surface area contributed by atoms with Gasteiger partial charge < -0.3 is 10.6 Å². The van der Waals surface area contributed by atoms with Gasteiger partial charge in [-0.25, -0.2) is 9.97 Å². The van der Waals surface area contributed by atoms with Crippen LogP contribution < -0.4 is 5.73 Å². The minimum atomic E-state index is -0.408. The Morgan fingerprint density at radius 3 is 3.00 bits per heavy atom. The Kier molecular flexibility index (Phi) is 3.18. The molecule has 0 bridgehead atoms. The van der Waals surface area contributed by atoms with Crippen LogP contribution in [0.15, 0.2) is 18.3 Å². The van der Waals surface area contributed by atoms with Crippen molar-refractivity contribution in [1.82, 2.24) is 19.4 Å². The van der Waals surface area contributed by atoms with Crippen LogP contribution in [0.25, 0.3) is 11.2 Å². The number of nitrogens with two attached hydrogens (primary N) is 1. The van der Waals surface area contributed by atoms with E-state index >= 15 is 0 Å². The number of likely N-dealkylation sites (N-methyl/N-ethyl adjacent to an activating group) is 1. The largest absolute Gasteiger partial charge is 0.369 e. The van der Waals surface area contributed by atoms with E-state index in [1.54, 1.807) is 35.7 Å². The molecule has 2 N–H and O–H groups in total. The maximum atomic E-state index is 12.2. The van der Waals surface area contributed by atoms with Gasteiger partial charge in [0.1, 0.15) is 11.6 Å². The van der Waals surface area contributed by atoms with E-state index in [4.69, 9.17) is 5.73 Å². The van der Waals surface area contributed by atoms with Gasteiger partial charge >= 0.3 is 0 Å². The molecule has 6 nitrogen and oxygen atoms in total. The number of nitrogen functional groups attached to an aromatic ring is 1. The number of anilines is 1. The standard InChI is InChI=1S/C12H17N5O/c1-4-16(3)11(18)8(2)17-10-9(15-12(17)13)6-5-7-14-10/h5-8H,4H2,1-3H3,(H2,13,15). The smallest absolute Gasteiger partial charge is 0.245 e. The van der Waals surface area contributed by atoms with Crippen LogP contribution in [-0.2, 0) is 4.79 Å². The Hall–Kier alpha value is -2.11.